The first-order chi connectivity index (χ1) is 9.51. The van der Waals surface area contributed by atoms with Crippen LogP contribution in [0.5, 0.6) is 0 Å². The molecule has 0 aliphatic carbocycles. The molecule has 5 nitrogen and oxygen atoms in total. The summed E-state index contributed by atoms with van der Waals surface area (Å²) in [7, 11) is 3.19. The molecule has 0 aromatic carbocycles. The first-order valence-electron chi connectivity index (χ1n) is 7.47. The fourth-order valence-corrected chi connectivity index (χ4v) is 2.36. The Kier molecular flexibility index (Phi) is 6.71. The van der Waals surface area contributed by atoms with Crippen LogP contribution in [0, 0.1) is 5.92 Å². The Morgan fingerprint density at radius 3 is 2.55 bits per heavy atom. The van der Waals surface area contributed by atoms with E-state index in [2.05, 4.69) is 19.2 Å². The maximum atomic E-state index is 12.0. The summed E-state index contributed by atoms with van der Waals surface area (Å²) in [4.78, 5) is 23.6. The van der Waals surface area contributed by atoms with Gasteiger partial charge in [0.2, 0.25) is 0 Å². The second-order valence-electron chi connectivity index (χ2n) is 5.46. The van der Waals surface area contributed by atoms with E-state index in [9.17, 15) is 9.59 Å². The number of hydrogen-bond acceptors (Lipinski definition) is 3. The molecule has 1 N–H and O–H groups in total. The van der Waals surface area contributed by atoms with Gasteiger partial charge in [0.15, 0.2) is 0 Å². The maximum Gasteiger partial charge on any atom is 0.330 e. The molecule has 0 fully saturated rings. The normalized spacial score (nSPS) is 12.6. The molecule has 1 unspecified atom stereocenters. The lowest BCUT2D eigenvalue weighted by atomic mass is 9.99. The molecule has 20 heavy (non-hydrogen) atoms. The predicted octanol–water partition coefficient (Wildman–Crippen LogP) is 1.39. The van der Waals surface area contributed by atoms with Gasteiger partial charge in [0.25, 0.3) is 5.56 Å². The van der Waals surface area contributed by atoms with Crippen molar-refractivity contribution in [3.63, 3.8) is 0 Å². The topological polar surface area (TPSA) is 56.0 Å². The molecule has 1 aromatic rings. The van der Waals surface area contributed by atoms with E-state index in [4.69, 9.17) is 0 Å². The molecule has 0 saturated heterocycles. The van der Waals surface area contributed by atoms with Crippen LogP contribution in [0.1, 0.15) is 45.1 Å². The standard InChI is InChI=1S/C15H27N3O2/c1-5-7-8-12(6-2)9-16-10-13-11-17(3)15(20)18(4)14(13)19/h11-12,16H,5-10H2,1-4H3. The maximum absolute atomic E-state index is 12.0. The van der Waals surface area contributed by atoms with Gasteiger partial charge in [-0.2, -0.15) is 0 Å². The van der Waals surface area contributed by atoms with Crippen LogP contribution in [-0.4, -0.2) is 15.7 Å². The van der Waals surface area contributed by atoms with Gasteiger partial charge < -0.3 is 9.88 Å². The van der Waals surface area contributed by atoms with Crippen molar-refractivity contribution in [2.24, 2.45) is 20.0 Å². The zero-order valence-electron chi connectivity index (χ0n) is 13.1. The third kappa shape index (κ3) is 4.34. The highest BCUT2D eigenvalue weighted by molar-refractivity contribution is 5.05. The van der Waals surface area contributed by atoms with E-state index in [0.29, 0.717) is 18.0 Å². The van der Waals surface area contributed by atoms with Crippen LogP contribution in [0.15, 0.2) is 15.8 Å². The Morgan fingerprint density at radius 2 is 1.95 bits per heavy atom. The molecular weight excluding hydrogens is 254 g/mol. The summed E-state index contributed by atoms with van der Waals surface area (Å²) >= 11 is 0. The molecule has 1 heterocycles. The largest absolute Gasteiger partial charge is 0.330 e. The zero-order chi connectivity index (χ0) is 15.1. The molecule has 0 aliphatic rings. The Hall–Kier alpha value is -1.36. The van der Waals surface area contributed by atoms with Crippen molar-refractivity contribution < 1.29 is 0 Å². The Labute approximate surface area is 120 Å². The highest BCUT2D eigenvalue weighted by Gasteiger charge is 2.08. The number of hydrogen-bond donors (Lipinski definition) is 1. The van der Waals surface area contributed by atoms with Gasteiger partial charge in [0.1, 0.15) is 0 Å². The van der Waals surface area contributed by atoms with Crippen molar-refractivity contribution in [2.75, 3.05) is 6.54 Å². The molecular formula is C15H27N3O2. The second-order valence-corrected chi connectivity index (χ2v) is 5.46. The highest BCUT2D eigenvalue weighted by atomic mass is 16.2. The number of unbranched alkanes of at least 4 members (excludes halogenated alkanes) is 1. The molecule has 0 radical (unpaired) electrons. The SMILES string of the molecule is CCCCC(CC)CNCc1cn(C)c(=O)n(C)c1=O. The van der Waals surface area contributed by atoms with Crippen LogP contribution >= 0.6 is 0 Å². The molecule has 1 aromatic heterocycles. The van der Waals surface area contributed by atoms with E-state index >= 15 is 0 Å². The molecule has 5 heteroatoms. The van der Waals surface area contributed by atoms with Crippen LogP contribution in [0.4, 0.5) is 0 Å². The summed E-state index contributed by atoms with van der Waals surface area (Å²) in [6.07, 6.45) is 6.48. The number of nitrogens with zero attached hydrogens (tertiary/aromatic N) is 2. The van der Waals surface area contributed by atoms with Crippen molar-refractivity contribution in [3.8, 4) is 0 Å². The van der Waals surface area contributed by atoms with E-state index in [-0.39, 0.29) is 11.2 Å². The molecule has 1 rings (SSSR count). The first-order valence-corrected chi connectivity index (χ1v) is 7.47. The predicted molar refractivity (Wildman–Crippen MR) is 81.9 cm³/mol. The summed E-state index contributed by atoms with van der Waals surface area (Å²) in [5.41, 5.74) is 0.148. The van der Waals surface area contributed by atoms with Gasteiger partial charge >= 0.3 is 5.69 Å². The molecule has 0 amide bonds. The minimum absolute atomic E-state index is 0.206. The quantitative estimate of drug-likeness (QED) is 0.783. The fourth-order valence-electron chi connectivity index (χ4n) is 2.36. The number of nitrogens with one attached hydrogen (secondary N) is 1. The van der Waals surface area contributed by atoms with E-state index in [0.717, 1.165) is 17.5 Å². The van der Waals surface area contributed by atoms with Crippen molar-refractivity contribution in [1.29, 1.82) is 0 Å². The molecule has 0 spiro atoms. The third-order valence-corrected chi connectivity index (χ3v) is 3.81. The summed E-state index contributed by atoms with van der Waals surface area (Å²) in [5.74, 6) is 0.659. The summed E-state index contributed by atoms with van der Waals surface area (Å²) in [5, 5.41) is 3.35. The van der Waals surface area contributed by atoms with Gasteiger partial charge in [0, 0.05) is 32.4 Å². The minimum Gasteiger partial charge on any atom is -0.312 e. The van der Waals surface area contributed by atoms with Gasteiger partial charge in [-0.3, -0.25) is 9.36 Å². The smallest absolute Gasteiger partial charge is 0.312 e. The van der Waals surface area contributed by atoms with Crippen LogP contribution in [-0.2, 0) is 20.6 Å². The lowest BCUT2D eigenvalue weighted by molar-refractivity contribution is 0.418. The van der Waals surface area contributed by atoms with Gasteiger partial charge in [-0.1, -0.05) is 33.1 Å². The Balaban J connectivity index is 2.62. The second kappa shape index (κ2) is 8.04. The molecule has 0 bridgehead atoms. The number of aromatic nitrogens is 2. The third-order valence-electron chi connectivity index (χ3n) is 3.81. The van der Waals surface area contributed by atoms with Crippen LogP contribution in [0.3, 0.4) is 0 Å². The lowest BCUT2D eigenvalue weighted by Crippen LogP contribution is -2.39. The molecule has 0 aliphatic heterocycles. The van der Waals surface area contributed by atoms with Crippen molar-refractivity contribution >= 4 is 0 Å². The van der Waals surface area contributed by atoms with Crippen molar-refractivity contribution in [2.45, 2.75) is 46.1 Å². The van der Waals surface area contributed by atoms with Crippen LogP contribution in [0.25, 0.3) is 0 Å². The van der Waals surface area contributed by atoms with E-state index in [1.807, 2.05) is 0 Å². The van der Waals surface area contributed by atoms with E-state index < -0.39 is 0 Å². The van der Waals surface area contributed by atoms with Gasteiger partial charge in [-0.05, 0) is 18.9 Å². The summed E-state index contributed by atoms with van der Waals surface area (Å²) < 4.78 is 2.61. The average Bonchev–Trinajstić information content (AvgIpc) is 2.45. The zero-order valence-corrected chi connectivity index (χ0v) is 13.1. The van der Waals surface area contributed by atoms with Crippen molar-refractivity contribution in [1.82, 2.24) is 14.5 Å². The molecule has 114 valence electrons. The number of rotatable bonds is 8. The van der Waals surface area contributed by atoms with E-state index in [1.54, 1.807) is 13.2 Å². The summed E-state index contributed by atoms with van der Waals surface area (Å²) in [6, 6.07) is 0. The minimum atomic E-state index is -0.284. The number of aryl methyl sites for hydroxylation is 1. The van der Waals surface area contributed by atoms with Gasteiger partial charge in [-0.25, -0.2) is 4.79 Å². The summed E-state index contributed by atoms with van der Waals surface area (Å²) in [6.45, 7) is 5.84. The Morgan fingerprint density at radius 1 is 1.25 bits per heavy atom. The van der Waals surface area contributed by atoms with Gasteiger partial charge in [-0.15, -0.1) is 0 Å². The molecule has 0 saturated carbocycles. The van der Waals surface area contributed by atoms with Gasteiger partial charge in [0.05, 0.1) is 0 Å². The highest BCUT2D eigenvalue weighted by Crippen LogP contribution is 2.11. The van der Waals surface area contributed by atoms with Crippen molar-refractivity contribution in [3.05, 3.63) is 32.6 Å². The lowest BCUT2D eigenvalue weighted by Gasteiger charge is -2.15. The monoisotopic (exact) mass is 281 g/mol. The van der Waals surface area contributed by atoms with Crippen LogP contribution in [0.2, 0.25) is 0 Å². The fraction of sp³-hybridized carbons (Fsp3) is 0.733. The molecule has 1 atom stereocenters. The average molecular weight is 281 g/mol. The Bertz CT molecular complexity index is 531. The van der Waals surface area contributed by atoms with E-state index in [1.165, 1.54) is 30.9 Å². The van der Waals surface area contributed by atoms with Crippen LogP contribution < -0.4 is 16.6 Å². The first kappa shape index (κ1) is 16.7.